The Balaban J connectivity index is 2.18. The minimum Gasteiger partial charge on any atom is -0.391 e. The number of hydrogen-bond donors (Lipinski definition) is 2. The first-order chi connectivity index (χ1) is 8.68. The third-order valence-corrected chi connectivity index (χ3v) is 3.88. The molecule has 1 saturated carbocycles. The summed E-state index contributed by atoms with van der Waals surface area (Å²) in [5.74, 6) is 0.394. The number of aromatic nitrogens is 3. The predicted molar refractivity (Wildman–Crippen MR) is 70.5 cm³/mol. The van der Waals surface area contributed by atoms with E-state index in [9.17, 15) is 5.11 Å². The van der Waals surface area contributed by atoms with Crippen molar-refractivity contribution >= 4 is 28.6 Å². The number of nitrogens with zero attached hydrogens (tertiary/aromatic N) is 3. The van der Waals surface area contributed by atoms with Crippen LogP contribution in [0.5, 0.6) is 0 Å². The summed E-state index contributed by atoms with van der Waals surface area (Å²) < 4.78 is 1.86. The molecule has 1 aliphatic rings. The van der Waals surface area contributed by atoms with Crippen LogP contribution in [-0.2, 0) is 0 Å². The molecule has 18 heavy (non-hydrogen) atoms. The van der Waals surface area contributed by atoms with Gasteiger partial charge in [-0.2, -0.15) is 0 Å². The Morgan fingerprint density at radius 2 is 2.11 bits per heavy atom. The van der Waals surface area contributed by atoms with E-state index in [1.54, 1.807) is 12.4 Å². The number of nitrogen functional groups attached to an aromatic ring is 1. The quantitative estimate of drug-likeness (QED) is 0.829. The van der Waals surface area contributed by atoms with Gasteiger partial charge >= 0.3 is 0 Å². The molecule has 2 atom stereocenters. The number of imidazole rings is 1. The maximum absolute atomic E-state index is 10.2. The van der Waals surface area contributed by atoms with Gasteiger partial charge in [0.2, 0.25) is 5.95 Å². The van der Waals surface area contributed by atoms with Crippen LogP contribution >= 0.6 is 11.6 Å². The fourth-order valence-corrected chi connectivity index (χ4v) is 3.00. The number of nitrogens with two attached hydrogens (primary N) is 1. The average Bonchev–Trinajstić information content (AvgIpc) is 2.68. The van der Waals surface area contributed by atoms with E-state index in [-0.39, 0.29) is 12.1 Å². The normalized spacial score (nSPS) is 24.6. The molecule has 0 spiro atoms. The third-order valence-electron chi connectivity index (χ3n) is 3.60. The lowest BCUT2D eigenvalue weighted by Gasteiger charge is -2.29. The lowest BCUT2D eigenvalue weighted by atomic mass is 9.92. The number of halogens is 1. The number of pyridine rings is 1. The van der Waals surface area contributed by atoms with Crippen LogP contribution in [0.3, 0.4) is 0 Å². The summed E-state index contributed by atoms with van der Waals surface area (Å²) in [5, 5.41) is 10.7. The molecule has 0 aliphatic heterocycles. The predicted octanol–water partition coefficient (Wildman–Crippen LogP) is 2.14. The molecule has 5 nitrogen and oxygen atoms in total. The van der Waals surface area contributed by atoms with Gasteiger partial charge in [-0.15, -0.1) is 0 Å². The number of anilines is 1. The Kier molecular flexibility index (Phi) is 2.87. The van der Waals surface area contributed by atoms with Crippen molar-refractivity contribution in [3.8, 4) is 0 Å². The van der Waals surface area contributed by atoms with Crippen LogP contribution < -0.4 is 5.73 Å². The van der Waals surface area contributed by atoms with Crippen LogP contribution in [0.4, 0.5) is 5.95 Å². The highest BCUT2D eigenvalue weighted by molar-refractivity contribution is 6.34. The summed E-state index contributed by atoms with van der Waals surface area (Å²) in [5.41, 5.74) is 7.42. The second-order valence-electron chi connectivity index (χ2n) is 4.75. The molecule has 2 aromatic rings. The smallest absolute Gasteiger partial charge is 0.201 e. The minimum absolute atomic E-state index is 0.0383. The summed E-state index contributed by atoms with van der Waals surface area (Å²) in [6, 6.07) is -0.0383. The van der Waals surface area contributed by atoms with Crippen LogP contribution in [0.2, 0.25) is 5.02 Å². The van der Waals surface area contributed by atoms with E-state index in [1.165, 1.54) is 0 Å². The zero-order valence-corrected chi connectivity index (χ0v) is 10.6. The molecule has 0 aromatic carbocycles. The largest absolute Gasteiger partial charge is 0.391 e. The van der Waals surface area contributed by atoms with Gasteiger partial charge in [0.15, 0.2) is 0 Å². The maximum atomic E-state index is 10.2. The van der Waals surface area contributed by atoms with Crippen molar-refractivity contribution in [1.82, 2.24) is 14.5 Å². The van der Waals surface area contributed by atoms with Gasteiger partial charge in [-0.25, -0.2) is 4.98 Å². The summed E-state index contributed by atoms with van der Waals surface area (Å²) >= 11 is 6.18. The number of aliphatic hydroxyl groups excluding tert-OH is 1. The van der Waals surface area contributed by atoms with E-state index in [1.807, 2.05) is 4.57 Å². The van der Waals surface area contributed by atoms with Gasteiger partial charge in [0.1, 0.15) is 5.52 Å². The van der Waals surface area contributed by atoms with E-state index in [2.05, 4.69) is 9.97 Å². The van der Waals surface area contributed by atoms with E-state index >= 15 is 0 Å². The molecule has 2 unspecified atom stereocenters. The SMILES string of the molecule is Nc1nc2cncc(Cl)c2n1C1CCCCC1O. The van der Waals surface area contributed by atoms with Crippen molar-refractivity contribution in [3.63, 3.8) is 0 Å². The zero-order valence-electron chi connectivity index (χ0n) is 9.88. The van der Waals surface area contributed by atoms with Gasteiger partial charge in [0.05, 0.1) is 28.9 Å². The first-order valence-corrected chi connectivity index (χ1v) is 6.51. The Bertz CT molecular complexity index is 583. The topological polar surface area (TPSA) is 77.0 Å². The van der Waals surface area contributed by atoms with E-state index in [4.69, 9.17) is 17.3 Å². The molecule has 6 heteroatoms. The monoisotopic (exact) mass is 266 g/mol. The van der Waals surface area contributed by atoms with Gasteiger partial charge in [-0.3, -0.25) is 4.98 Å². The molecular formula is C12H15ClN4O. The van der Waals surface area contributed by atoms with Crippen LogP contribution in [0.15, 0.2) is 12.4 Å². The minimum atomic E-state index is -0.386. The molecule has 0 amide bonds. The molecule has 96 valence electrons. The number of aliphatic hydroxyl groups is 1. The van der Waals surface area contributed by atoms with Crippen LogP contribution in [0, 0.1) is 0 Å². The fraction of sp³-hybridized carbons (Fsp3) is 0.500. The highest BCUT2D eigenvalue weighted by Crippen LogP contribution is 2.35. The van der Waals surface area contributed by atoms with Gasteiger partial charge < -0.3 is 15.4 Å². The van der Waals surface area contributed by atoms with Crippen LogP contribution in [-0.4, -0.2) is 25.7 Å². The van der Waals surface area contributed by atoms with E-state index < -0.39 is 0 Å². The molecule has 1 aliphatic carbocycles. The van der Waals surface area contributed by atoms with Crippen molar-refractivity contribution < 1.29 is 5.11 Å². The third kappa shape index (κ3) is 1.74. The van der Waals surface area contributed by atoms with Gasteiger partial charge in [0, 0.05) is 6.20 Å². The molecular weight excluding hydrogens is 252 g/mol. The van der Waals surface area contributed by atoms with Gasteiger partial charge in [-0.1, -0.05) is 24.4 Å². The second kappa shape index (κ2) is 4.40. The molecule has 0 radical (unpaired) electrons. The summed E-state index contributed by atoms with van der Waals surface area (Å²) in [6.07, 6.45) is 6.67. The number of rotatable bonds is 1. The van der Waals surface area contributed by atoms with E-state index in [0.717, 1.165) is 31.2 Å². The molecule has 3 N–H and O–H groups in total. The molecule has 2 heterocycles. The second-order valence-corrected chi connectivity index (χ2v) is 5.16. The Morgan fingerprint density at radius 3 is 2.89 bits per heavy atom. The summed E-state index contributed by atoms with van der Waals surface area (Å²) in [7, 11) is 0. The Morgan fingerprint density at radius 1 is 1.33 bits per heavy atom. The Labute approximate surface area is 110 Å². The van der Waals surface area contributed by atoms with Crippen molar-refractivity contribution in [2.24, 2.45) is 0 Å². The lowest BCUT2D eigenvalue weighted by Crippen LogP contribution is -2.28. The zero-order chi connectivity index (χ0) is 12.7. The first kappa shape index (κ1) is 11.7. The summed E-state index contributed by atoms with van der Waals surface area (Å²) in [4.78, 5) is 8.27. The van der Waals surface area contributed by atoms with Crippen molar-refractivity contribution in [1.29, 1.82) is 0 Å². The van der Waals surface area contributed by atoms with Crippen molar-refractivity contribution in [2.45, 2.75) is 37.8 Å². The van der Waals surface area contributed by atoms with Crippen molar-refractivity contribution in [2.75, 3.05) is 5.73 Å². The molecule has 2 aromatic heterocycles. The average molecular weight is 267 g/mol. The highest BCUT2D eigenvalue weighted by Gasteiger charge is 2.28. The van der Waals surface area contributed by atoms with Crippen molar-refractivity contribution in [3.05, 3.63) is 17.4 Å². The van der Waals surface area contributed by atoms with Crippen LogP contribution in [0.1, 0.15) is 31.7 Å². The Hall–Kier alpha value is -1.33. The van der Waals surface area contributed by atoms with Crippen LogP contribution in [0.25, 0.3) is 11.0 Å². The molecule has 0 saturated heterocycles. The highest BCUT2D eigenvalue weighted by atomic mass is 35.5. The maximum Gasteiger partial charge on any atom is 0.201 e. The van der Waals surface area contributed by atoms with Gasteiger partial charge in [-0.05, 0) is 12.8 Å². The molecule has 1 fully saturated rings. The number of fused-ring (bicyclic) bond motifs is 1. The number of hydrogen-bond acceptors (Lipinski definition) is 4. The standard InChI is InChI=1S/C12H15ClN4O/c13-7-5-15-6-8-11(7)17(12(14)16-8)9-3-1-2-4-10(9)18/h5-6,9-10,18H,1-4H2,(H2,14,16). The van der Waals surface area contributed by atoms with E-state index in [0.29, 0.717) is 16.5 Å². The molecule has 3 rings (SSSR count). The first-order valence-electron chi connectivity index (χ1n) is 6.13. The fourth-order valence-electron chi connectivity index (χ4n) is 2.76. The van der Waals surface area contributed by atoms with Gasteiger partial charge in [0.25, 0.3) is 0 Å². The molecule has 0 bridgehead atoms. The summed E-state index contributed by atoms with van der Waals surface area (Å²) in [6.45, 7) is 0. The lowest BCUT2D eigenvalue weighted by molar-refractivity contribution is 0.0783.